The van der Waals surface area contributed by atoms with Crippen molar-refractivity contribution in [3.63, 3.8) is 0 Å². The molecule has 3 aromatic rings. The first kappa shape index (κ1) is 16.6. The molecule has 6 nitrogen and oxygen atoms in total. The van der Waals surface area contributed by atoms with Crippen molar-refractivity contribution in [2.45, 2.75) is 6.54 Å². The molecule has 6 heteroatoms. The fraction of sp³-hybridized carbons (Fsp3) is 0.158. The summed E-state index contributed by atoms with van der Waals surface area (Å²) in [6, 6.07) is 12.7. The van der Waals surface area contributed by atoms with Crippen LogP contribution in [0.1, 0.15) is 5.56 Å². The second kappa shape index (κ2) is 8.01. The number of pyridine rings is 1. The Balaban J connectivity index is 1.45. The second-order valence-electron chi connectivity index (χ2n) is 5.30. The van der Waals surface area contributed by atoms with Gasteiger partial charge in [-0.3, -0.25) is 9.78 Å². The van der Waals surface area contributed by atoms with Gasteiger partial charge in [-0.1, -0.05) is 6.07 Å². The summed E-state index contributed by atoms with van der Waals surface area (Å²) in [6.07, 6.45) is 4.97. The van der Waals surface area contributed by atoms with Crippen molar-refractivity contribution in [1.82, 2.24) is 10.3 Å². The lowest BCUT2D eigenvalue weighted by atomic mass is 10.2. The highest BCUT2D eigenvalue weighted by atomic mass is 16.5. The van der Waals surface area contributed by atoms with E-state index in [0.29, 0.717) is 12.3 Å². The highest BCUT2D eigenvalue weighted by Crippen LogP contribution is 2.18. The number of nitrogens with zero attached hydrogens (tertiary/aromatic N) is 1. The van der Waals surface area contributed by atoms with Crippen molar-refractivity contribution in [3.05, 3.63) is 66.8 Å². The van der Waals surface area contributed by atoms with Crippen LogP contribution in [0.3, 0.4) is 0 Å². The molecule has 0 fully saturated rings. The molecule has 0 aliphatic rings. The molecule has 128 valence electrons. The van der Waals surface area contributed by atoms with E-state index in [0.717, 1.165) is 22.6 Å². The van der Waals surface area contributed by atoms with E-state index in [9.17, 15) is 4.79 Å². The van der Waals surface area contributed by atoms with E-state index >= 15 is 0 Å². The predicted octanol–water partition coefficient (Wildman–Crippen LogP) is 3.05. The average Bonchev–Trinajstić information content (AvgIpc) is 3.20. The topological polar surface area (TPSA) is 73.6 Å². The van der Waals surface area contributed by atoms with E-state index in [2.05, 4.69) is 10.3 Å². The largest absolute Gasteiger partial charge is 0.497 e. The highest BCUT2D eigenvalue weighted by Gasteiger charge is 2.05. The molecule has 0 saturated carbocycles. The van der Waals surface area contributed by atoms with E-state index in [1.807, 2.05) is 18.2 Å². The van der Waals surface area contributed by atoms with Gasteiger partial charge >= 0.3 is 0 Å². The van der Waals surface area contributed by atoms with Crippen molar-refractivity contribution in [2.24, 2.45) is 0 Å². The molecular weight excluding hydrogens is 320 g/mol. The molecule has 3 rings (SSSR count). The van der Waals surface area contributed by atoms with E-state index in [-0.39, 0.29) is 12.5 Å². The van der Waals surface area contributed by atoms with Gasteiger partial charge < -0.3 is 19.2 Å². The maximum absolute atomic E-state index is 11.9. The lowest BCUT2D eigenvalue weighted by Gasteiger charge is -2.08. The zero-order valence-electron chi connectivity index (χ0n) is 13.8. The molecule has 2 heterocycles. The summed E-state index contributed by atoms with van der Waals surface area (Å²) in [5.74, 6) is 1.15. The van der Waals surface area contributed by atoms with Crippen LogP contribution in [0, 0.1) is 0 Å². The number of benzene rings is 1. The predicted molar refractivity (Wildman–Crippen MR) is 92.3 cm³/mol. The Hall–Kier alpha value is -3.28. The number of aromatic nitrogens is 1. The van der Waals surface area contributed by atoms with Gasteiger partial charge in [0.2, 0.25) is 0 Å². The zero-order chi connectivity index (χ0) is 17.5. The fourth-order valence-corrected chi connectivity index (χ4v) is 2.18. The van der Waals surface area contributed by atoms with E-state index in [1.165, 1.54) is 0 Å². The normalized spacial score (nSPS) is 10.3. The molecule has 0 bridgehead atoms. The van der Waals surface area contributed by atoms with Gasteiger partial charge in [-0.2, -0.15) is 0 Å². The molecule has 0 unspecified atom stereocenters. The summed E-state index contributed by atoms with van der Waals surface area (Å²) in [4.78, 5) is 16.2. The maximum Gasteiger partial charge on any atom is 0.258 e. The summed E-state index contributed by atoms with van der Waals surface area (Å²) >= 11 is 0. The first-order valence-electron chi connectivity index (χ1n) is 7.75. The highest BCUT2D eigenvalue weighted by molar-refractivity contribution is 5.77. The molecule has 0 atom stereocenters. The quantitative estimate of drug-likeness (QED) is 0.717. The van der Waals surface area contributed by atoms with Crippen LogP contribution in [0.4, 0.5) is 0 Å². The zero-order valence-corrected chi connectivity index (χ0v) is 13.8. The molecule has 1 N–H and O–H groups in total. The van der Waals surface area contributed by atoms with Gasteiger partial charge in [0.05, 0.1) is 25.3 Å². The second-order valence-corrected chi connectivity index (χ2v) is 5.30. The van der Waals surface area contributed by atoms with Crippen molar-refractivity contribution >= 4 is 5.91 Å². The van der Waals surface area contributed by atoms with E-state index < -0.39 is 0 Å². The Morgan fingerprint density at radius 2 is 1.92 bits per heavy atom. The van der Waals surface area contributed by atoms with Crippen LogP contribution >= 0.6 is 0 Å². The SMILES string of the molecule is COc1ccc(OCC(=O)NCc2ccc(-c3ccoc3)nc2)cc1. The summed E-state index contributed by atoms with van der Waals surface area (Å²) < 4.78 is 15.5. The van der Waals surface area contributed by atoms with Gasteiger partial charge in [-0.05, 0) is 42.0 Å². The third-order valence-corrected chi connectivity index (χ3v) is 3.56. The minimum atomic E-state index is -0.199. The van der Waals surface area contributed by atoms with E-state index in [4.69, 9.17) is 13.9 Å². The molecule has 0 spiro atoms. The van der Waals surface area contributed by atoms with Crippen molar-refractivity contribution in [1.29, 1.82) is 0 Å². The lowest BCUT2D eigenvalue weighted by molar-refractivity contribution is -0.123. The number of methoxy groups -OCH3 is 1. The molecule has 2 aromatic heterocycles. The minimum Gasteiger partial charge on any atom is -0.497 e. The number of amides is 1. The smallest absolute Gasteiger partial charge is 0.258 e. The van der Waals surface area contributed by atoms with Crippen molar-refractivity contribution in [2.75, 3.05) is 13.7 Å². The molecular formula is C19H18N2O4. The fourth-order valence-electron chi connectivity index (χ4n) is 2.18. The Morgan fingerprint density at radius 1 is 1.12 bits per heavy atom. The number of furan rings is 1. The number of carbonyl (C=O) groups excluding carboxylic acids is 1. The van der Waals surface area contributed by atoms with Gasteiger partial charge in [0, 0.05) is 18.3 Å². The summed E-state index contributed by atoms with van der Waals surface area (Å²) in [5, 5.41) is 2.80. The van der Waals surface area contributed by atoms with Gasteiger partial charge in [-0.15, -0.1) is 0 Å². The Bertz CT molecular complexity index is 796. The number of nitrogens with one attached hydrogen (secondary N) is 1. The molecule has 1 aromatic carbocycles. The van der Waals surface area contributed by atoms with Gasteiger partial charge in [-0.25, -0.2) is 0 Å². The Kier molecular flexibility index (Phi) is 5.31. The number of hydrogen-bond donors (Lipinski definition) is 1. The van der Waals surface area contributed by atoms with E-state index in [1.54, 1.807) is 50.1 Å². The summed E-state index contributed by atoms with van der Waals surface area (Å²) in [6.45, 7) is 0.344. The first-order chi connectivity index (χ1) is 12.2. The first-order valence-corrected chi connectivity index (χ1v) is 7.75. The minimum absolute atomic E-state index is 0.0487. The van der Waals surface area contributed by atoms with Gasteiger partial charge in [0.25, 0.3) is 5.91 Å². The van der Waals surface area contributed by atoms with Gasteiger partial charge in [0.1, 0.15) is 11.5 Å². The van der Waals surface area contributed by atoms with Crippen LogP contribution in [0.15, 0.2) is 65.6 Å². The summed E-state index contributed by atoms with van der Waals surface area (Å²) in [5.41, 5.74) is 2.65. The standard InChI is InChI=1S/C19H18N2O4/c1-23-16-3-5-17(6-4-16)25-13-19(22)21-11-14-2-7-18(20-10-14)15-8-9-24-12-15/h2-10,12H,11,13H2,1H3,(H,21,22). The third kappa shape index (κ3) is 4.60. The average molecular weight is 338 g/mol. The molecule has 0 saturated heterocycles. The molecule has 0 aliphatic heterocycles. The van der Waals surface area contributed by atoms with Crippen LogP contribution in [0.5, 0.6) is 11.5 Å². The molecule has 25 heavy (non-hydrogen) atoms. The van der Waals surface area contributed by atoms with Crippen LogP contribution in [-0.2, 0) is 11.3 Å². The van der Waals surface area contributed by atoms with Crippen LogP contribution < -0.4 is 14.8 Å². The van der Waals surface area contributed by atoms with Crippen molar-refractivity contribution < 1.29 is 18.7 Å². The number of ether oxygens (including phenoxy) is 2. The molecule has 1 amide bonds. The maximum atomic E-state index is 11.9. The Labute approximate surface area is 145 Å². The number of hydrogen-bond acceptors (Lipinski definition) is 5. The van der Waals surface area contributed by atoms with Gasteiger partial charge in [0.15, 0.2) is 6.61 Å². The van der Waals surface area contributed by atoms with Crippen LogP contribution in [-0.4, -0.2) is 24.6 Å². The number of carbonyl (C=O) groups is 1. The monoisotopic (exact) mass is 338 g/mol. The molecule has 0 radical (unpaired) electrons. The van der Waals surface area contributed by atoms with Crippen LogP contribution in [0.2, 0.25) is 0 Å². The Morgan fingerprint density at radius 3 is 2.56 bits per heavy atom. The number of rotatable bonds is 7. The summed E-state index contributed by atoms with van der Waals surface area (Å²) in [7, 11) is 1.60. The van der Waals surface area contributed by atoms with Crippen LogP contribution in [0.25, 0.3) is 11.3 Å². The molecule has 0 aliphatic carbocycles. The lowest BCUT2D eigenvalue weighted by Crippen LogP contribution is -2.28. The third-order valence-electron chi connectivity index (χ3n) is 3.56. The van der Waals surface area contributed by atoms with Crippen molar-refractivity contribution in [3.8, 4) is 22.8 Å².